The van der Waals surface area contributed by atoms with Gasteiger partial charge in [-0.25, -0.2) is 0 Å². The van der Waals surface area contributed by atoms with Gasteiger partial charge in [0, 0.05) is 59.2 Å². The van der Waals surface area contributed by atoms with Gasteiger partial charge in [0.25, 0.3) is 0 Å². The summed E-state index contributed by atoms with van der Waals surface area (Å²) in [4.78, 5) is 5.72. The van der Waals surface area contributed by atoms with E-state index in [1.165, 1.54) is 0 Å². The molecular formula is C28H30N2O3. The van der Waals surface area contributed by atoms with Gasteiger partial charge in [-0.1, -0.05) is 54.6 Å². The van der Waals surface area contributed by atoms with Crippen LogP contribution in [0.4, 0.5) is 0 Å². The third-order valence-corrected chi connectivity index (χ3v) is 7.63. The Morgan fingerprint density at radius 2 is 1.76 bits per heavy atom. The predicted molar refractivity (Wildman–Crippen MR) is 131 cm³/mol. The molecule has 170 valence electrons. The molecular weight excluding hydrogens is 412 g/mol. The van der Waals surface area contributed by atoms with E-state index in [1.54, 1.807) is 0 Å². The Hall–Kier alpha value is -2.86. The van der Waals surface area contributed by atoms with Crippen LogP contribution in [0.25, 0.3) is 21.7 Å². The van der Waals surface area contributed by atoms with Crippen LogP contribution in [0.5, 0.6) is 5.75 Å². The molecule has 5 heteroatoms. The lowest BCUT2D eigenvalue weighted by molar-refractivity contribution is -0.0576. The highest BCUT2D eigenvalue weighted by Crippen LogP contribution is 2.47. The quantitative estimate of drug-likeness (QED) is 0.417. The number of aliphatic hydroxyl groups excluding tert-OH is 2. The van der Waals surface area contributed by atoms with Crippen molar-refractivity contribution in [3.05, 3.63) is 77.5 Å². The zero-order valence-corrected chi connectivity index (χ0v) is 18.9. The maximum absolute atomic E-state index is 11.1. The molecule has 0 radical (unpaired) electrons. The summed E-state index contributed by atoms with van der Waals surface area (Å²) in [7, 11) is 0. The van der Waals surface area contributed by atoms with Crippen LogP contribution in [-0.4, -0.2) is 45.3 Å². The van der Waals surface area contributed by atoms with Gasteiger partial charge < -0.3 is 24.8 Å². The number of para-hydroxylation sites is 1. The maximum atomic E-state index is 11.1. The van der Waals surface area contributed by atoms with Gasteiger partial charge in [-0.05, 0) is 31.2 Å². The number of hydrogen-bond donors (Lipinski definition) is 3. The average molecular weight is 443 g/mol. The molecule has 0 unspecified atom stereocenters. The topological polar surface area (TPSA) is 68.7 Å². The van der Waals surface area contributed by atoms with Crippen molar-refractivity contribution in [2.75, 3.05) is 19.6 Å². The summed E-state index contributed by atoms with van der Waals surface area (Å²) in [5.74, 6) is 0.842. The summed E-state index contributed by atoms with van der Waals surface area (Å²) >= 11 is 0. The second-order valence-electron chi connectivity index (χ2n) is 9.74. The van der Waals surface area contributed by atoms with Gasteiger partial charge in [-0.15, -0.1) is 0 Å². The van der Waals surface area contributed by atoms with E-state index in [1.807, 2.05) is 37.3 Å². The summed E-state index contributed by atoms with van der Waals surface area (Å²) in [5, 5.41) is 25.4. The fourth-order valence-corrected chi connectivity index (χ4v) is 5.87. The average Bonchev–Trinajstić information content (AvgIpc) is 3.16. The number of H-pyrrole nitrogens is 1. The highest BCUT2D eigenvalue weighted by atomic mass is 16.5. The second kappa shape index (κ2) is 7.87. The molecule has 1 spiro atoms. The van der Waals surface area contributed by atoms with Gasteiger partial charge in [-0.3, -0.25) is 0 Å². The Labute approximate surface area is 193 Å². The smallest absolute Gasteiger partial charge is 0.133 e. The van der Waals surface area contributed by atoms with Crippen LogP contribution in [0.1, 0.15) is 48.3 Å². The van der Waals surface area contributed by atoms with Gasteiger partial charge in [0.2, 0.25) is 0 Å². The Morgan fingerprint density at radius 3 is 2.58 bits per heavy atom. The maximum Gasteiger partial charge on any atom is 0.133 e. The molecule has 0 amide bonds. The first-order valence-electron chi connectivity index (χ1n) is 11.9. The highest BCUT2D eigenvalue weighted by molar-refractivity contribution is 5.90. The lowest BCUT2D eigenvalue weighted by Crippen LogP contribution is -2.51. The number of piperidine rings is 1. The van der Waals surface area contributed by atoms with Gasteiger partial charge >= 0.3 is 0 Å². The minimum Gasteiger partial charge on any atom is -0.486 e. The number of nitrogens with zero attached hydrogens (tertiary/aromatic N) is 1. The van der Waals surface area contributed by atoms with E-state index in [0.29, 0.717) is 13.0 Å². The first-order chi connectivity index (χ1) is 16.0. The molecule has 33 heavy (non-hydrogen) atoms. The molecule has 1 aromatic heterocycles. The van der Waals surface area contributed by atoms with Crippen LogP contribution in [-0.2, 0) is 0 Å². The molecule has 0 saturated carbocycles. The zero-order chi connectivity index (χ0) is 22.6. The molecule has 3 aromatic carbocycles. The Morgan fingerprint density at radius 1 is 1.03 bits per heavy atom. The number of benzene rings is 3. The van der Waals surface area contributed by atoms with E-state index < -0.39 is 12.2 Å². The van der Waals surface area contributed by atoms with E-state index in [9.17, 15) is 10.2 Å². The van der Waals surface area contributed by atoms with Crippen LogP contribution in [0.3, 0.4) is 0 Å². The van der Waals surface area contributed by atoms with Gasteiger partial charge in [-0.2, -0.15) is 0 Å². The van der Waals surface area contributed by atoms with Gasteiger partial charge in [0.05, 0.1) is 12.2 Å². The van der Waals surface area contributed by atoms with Crippen molar-refractivity contribution >= 4 is 21.7 Å². The highest BCUT2D eigenvalue weighted by Gasteiger charge is 2.43. The number of ether oxygens (including phenoxy) is 1. The SMILES string of the molecule is Cc1[nH]c2ccccc2c1[C@H](O)CN1CCC2(CC1)C[C@H](O)c1ccc3ccccc3c1O2. The summed E-state index contributed by atoms with van der Waals surface area (Å²) in [6, 6.07) is 20.4. The van der Waals surface area contributed by atoms with Crippen molar-refractivity contribution in [1.82, 2.24) is 9.88 Å². The molecule has 1 fully saturated rings. The summed E-state index contributed by atoms with van der Waals surface area (Å²) < 4.78 is 6.69. The van der Waals surface area contributed by atoms with Crippen LogP contribution < -0.4 is 4.74 Å². The van der Waals surface area contributed by atoms with E-state index >= 15 is 0 Å². The van der Waals surface area contributed by atoms with Crippen LogP contribution >= 0.6 is 0 Å². The predicted octanol–water partition coefficient (Wildman–Crippen LogP) is 5.01. The van der Waals surface area contributed by atoms with Gasteiger partial charge in [0.15, 0.2) is 0 Å². The van der Waals surface area contributed by atoms with E-state index in [0.717, 1.165) is 70.2 Å². The van der Waals surface area contributed by atoms with Crippen molar-refractivity contribution in [3.63, 3.8) is 0 Å². The van der Waals surface area contributed by atoms with Crippen LogP contribution in [0.2, 0.25) is 0 Å². The Balaban J connectivity index is 1.19. The Kier molecular flexibility index (Phi) is 4.94. The largest absolute Gasteiger partial charge is 0.486 e. The molecule has 4 aromatic rings. The van der Waals surface area contributed by atoms with Crippen molar-refractivity contribution in [2.45, 2.75) is 44.0 Å². The summed E-state index contributed by atoms with van der Waals surface area (Å²) in [6.07, 6.45) is 1.25. The number of nitrogens with one attached hydrogen (secondary N) is 1. The number of aliphatic hydroxyl groups is 2. The number of rotatable bonds is 3. The molecule has 1 saturated heterocycles. The minimum absolute atomic E-state index is 0.352. The molecule has 3 N–H and O–H groups in total. The third-order valence-electron chi connectivity index (χ3n) is 7.63. The monoisotopic (exact) mass is 442 g/mol. The fraction of sp³-hybridized carbons (Fsp3) is 0.357. The molecule has 5 nitrogen and oxygen atoms in total. The third kappa shape index (κ3) is 3.52. The number of aromatic amines is 1. The zero-order valence-electron chi connectivity index (χ0n) is 18.9. The van der Waals surface area contributed by atoms with E-state index in [2.05, 4.69) is 40.2 Å². The molecule has 2 atom stereocenters. The number of β-amino-alcohol motifs (C(OH)–C–C–N with tert-alkyl or cyclic N) is 1. The summed E-state index contributed by atoms with van der Waals surface area (Å²) in [5.41, 5.74) is 3.63. The van der Waals surface area contributed by atoms with Crippen LogP contribution in [0, 0.1) is 6.92 Å². The van der Waals surface area contributed by atoms with Crippen molar-refractivity contribution in [3.8, 4) is 5.75 Å². The molecule has 2 aliphatic heterocycles. The number of likely N-dealkylation sites (tertiary alicyclic amines) is 1. The van der Waals surface area contributed by atoms with Crippen molar-refractivity contribution < 1.29 is 14.9 Å². The first-order valence-corrected chi connectivity index (χ1v) is 11.9. The first kappa shape index (κ1) is 20.7. The number of aromatic nitrogens is 1. The van der Waals surface area contributed by atoms with Crippen molar-refractivity contribution in [2.24, 2.45) is 0 Å². The lowest BCUT2D eigenvalue weighted by Gasteiger charge is -2.46. The number of fused-ring (bicyclic) bond motifs is 4. The molecule has 2 aliphatic rings. The molecule has 3 heterocycles. The van der Waals surface area contributed by atoms with Crippen molar-refractivity contribution in [1.29, 1.82) is 0 Å². The summed E-state index contributed by atoms with van der Waals surface area (Å²) in [6.45, 7) is 4.31. The minimum atomic E-state index is -0.544. The molecule has 0 bridgehead atoms. The lowest BCUT2D eigenvalue weighted by atomic mass is 9.81. The Bertz CT molecular complexity index is 1320. The molecule has 0 aliphatic carbocycles. The van der Waals surface area contributed by atoms with E-state index in [-0.39, 0.29) is 5.60 Å². The normalized spacial score (nSPS) is 21.2. The van der Waals surface area contributed by atoms with Gasteiger partial charge in [0.1, 0.15) is 11.4 Å². The number of hydrogen-bond acceptors (Lipinski definition) is 4. The van der Waals surface area contributed by atoms with E-state index in [4.69, 9.17) is 4.74 Å². The molecule has 6 rings (SSSR count). The van der Waals surface area contributed by atoms with Crippen LogP contribution in [0.15, 0.2) is 60.7 Å². The standard InChI is InChI=1S/C28H30N2O3/c1-18-26(21-8-4-5-9-23(21)29-18)25(32)17-30-14-12-28(13-15-30)16-24(31)22-11-10-19-6-2-3-7-20(19)27(22)33-28/h2-11,24-25,29,31-32H,12-17H2,1H3/t24-,25+/m0/s1. The number of aryl methyl sites for hydroxylation is 1. The fourth-order valence-electron chi connectivity index (χ4n) is 5.87. The second-order valence-corrected chi connectivity index (χ2v) is 9.74.